The van der Waals surface area contributed by atoms with E-state index in [-0.39, 0.29) is 17.1 Å². The van der Waals surface area contributed by atoms with E-state index in [1.807, 2.05) is 11.0 Å². The molecule has 1 aromatic heterocycles. The Bertz CT molecular complexity index is 928. The number of rotatable bonds is 8. The van der Waals surface area contributed by atoms with E-state index in [0.717, 1.165) is 49.4 Å². The highest BCUT2D eigenvalue weighted by Gasteiger charge is 2.29. The zero-order chi connectivity index (χ0) is 23.5. The number of para-hydroxylation sites is 1. The van der Waals surface area contributed by atoms with Crippen molar-refractivity contribution < 1.29 is 9.18 Å². The molecule has 0 fully saturated rings. The molecule has 0 bridgehead atoms. The second-order valence-electron chi connectivity index (χ2n) is 10.7. The lowest BCUT2D eigenvalue weighted by Gasteiger charge is -2.30. The van der Waals surface area contributed by atoms with Crippen LogP contribution in [0, 0.1) is 17.2 Å². The summed E-state index contributed by atoms with van der Waals surface area (Å²) in [7, 11) is 0. The fraction of sp³-hybridized carbons (Fsp3) is 0.615. The average molecular weight is 443 g/mol. The van der Waals surface area contributed by atoms with E-state index >= 15 is 0 Å². The SMILES string of the molecule is CCCN1CCc2c(c(CN(CC(C)C)C(=O)CC(C)(C)C)nn2-c2ccccc2F)C1. The van der Waals surface area contributed by atoms with Crippen molar-refractivity contribution in [1.82, 2.24) is 19.6 Å². The molecular weight excluding hydrogens is 403 g/mol. The maximum Gasteiger partial charge on any atom is 0.223 e. The van der Waals surface area contributed by atoms with Gasteiger partial charge in [-0.1, -0.05) is 53.7 Å². The maximum absolute atomic E-state index is 14.7. The van der Waals surface area contributed by atoms with Gasteiger partial charge in [-0.25, -0.2) is 9.07 Å². The first-order chi connectivity index (χ1) is 15.1. The van der Waals surface area contributed by atoms with Gasteiger partial charge in [0.2, 0.25) is 5.91 Å². The predicted molar refractivity (Wildman–Crippen MR) is 127 cm³/mol. The average Bonchev–Trinajstić information content (AvgIpc) is 3.04. The van der Waals surface area contributed by atoms with E-state index in [1.165, 1.54) is 6.07 Å². The Morgan fingerprint density at radius 1 is 1.25 bits per heavy atom. The van der Waals surface area contributed by atoms with Crippen LogP contribution in [-0.2, 0) is 24.3 Å². The highest BCUT2D eigenvalue weighted by Crippen LogP contribution is 2.28. The highest BCUT2D eigenvalue weighted by atomic mass is 19.1. The lowest BCUT2D eigenvalue weighted by atomic mass is 9.91. The van der Waals surface area contributed by atoms with Gasteiger partial charge in [-0.3, -0.25) is 9.69 Å². The molecule has 1 amide bonds. The standard InChI is InChI=1S/C26H39FN4O/c1-7-13-29-14-12-23-20(17-29)22(28-31(23)24-11-9-8-10-21(24)27)18-30(16-19(2)3)25(32)15-26(4,5)6/h8-11,19H,7,12-18H2,1-6H3. The van der Waals surface area contributed by atoms with Crippen LogP contribution in [0.15, 0.2) is 24.3 Å². The van der Waals surface area contributed by atoms with Crippen molar-refractivity contribution in [3.8, 4) is 5.69 Å². The summed E-state index contributed by atoms with van der Waals surface area (Å²) in [5, 5.41) is 4.90. The van der Waals surface area contributed by atoms with Gasteiger partial charge in [-0.15, -0.1) is 0 Å². The molecule has 0 aliphatic carbocycles. The summed E-state index contributed by atoms with van der Waals surface area (Å²) in [5.74, 6) is 0.241. The highest BCUT2D eigenvalue weighted by molar-refractivity contribution is 5.76. The number of fused-ring (bicyclic) bond motifs is 1. The van der Waals surface area contributed by atoms with Crippen LogP contribution in [0.5, 0.6) is 0 Å². The predicted octanol–water partition coefficient (Wildman–Crippen LogP) is 5.20. The van der Waals surface area contributed by atoms with Crippen molar-refractivity contribution in [1.29, 1.82) is 0 Å². The lowest BCUT2D eigenvalue weighted by molar-refractivity contribution is -0.134. The molecule has 1 aromatic carbocycles. The topological polar surface area (TPSA) is 41.4 Å². The van der Waals surface area contributed by atoms with Crippen LogP contribution in [0.25, 0.3) is 5.69 Å². The number of halogens is 1. The molecule has 5 nitrogen and oxygen atoms in total. The molecule has 176 valence electrons. The number of benzene rings is 1. The number of aromatic nitrogens is 2. The molecule has 6 heteroatoms. The van der Waals surface area contributed by atoms with Gasteiger partial charge in [-0.2, -0.15) is 5.10 Å². The minimum absolute atomic E-state index is 0.0732. The molecule has 0 saturated heterocycles. The molecule has 0 N–H and O–H groups in total. The Morgan fingerprint density at radius 2 is 1.97 bits per heavy atom. The molecule has 32 heavy (non-hydrogen) atoms. The number of hydrogen-bond donors (Lipinski definition) is 0. The van der Waals surface area contributed by atoms with Gasteiger partial charge in [0.25, 0.3) is 0 Å². The van der Waals surface area contributed by atoms with E-state index in [2.05, 4.69) is 46.4 Å². The Morgan fingerprint density at radius 3 is 2.59 bits per heavy atom. The Balaban J connectivity index is 2.00. The first-order valence-corrected chi connectivity index (χ1v) is 11.9. The molecular formula is C26H39FN4O. The third-order valence-electron chi connectivity index (χ3n) is 5.80. The van der Waals surface area contributed by atoms with Gasteiger partial charge < -0.3 is 4.90 Å². The van der Waals surface area contributed by atoms with Crippen LogP contribution < -0.4 is 0 Å². The minimum atomic E-state index is -0.275. The van der Waals surface area contributed by atoms with E-state index < -0.39 is 0 Å². The molecule has 0 radical (unpaired) electrons. The van der Waals surface area contributed by atoms with Gasteiger partial charge in [-0.05, 0) is 36.4 Å². The summed E-state index contributed by atoms with van der Waals surface area (Å²) in [4.78, 5) is 17.6. The molecule has 2 aromatic rings. The molecule has 3 rings (SSSR count). The number of nitrogens with zero attached hydrogens (tertiary/aromatic N) is 4. The summed E-state index contributed by atoms with van der Waals surface area (Å²) in [6, 6.07) is 6.80. The summed E-state index contributed by atoms with van der Waals surface area (Å²) in [6.45, 7) is 16.7. The van der Waals surface area contributed by atoms with Gasteiger partial charge >= 0.3 is 0 Å². The Labute approximate surface area is 192 Å². The van der Waals surface area contributed by atoms with E-state index in [0.29, 0.717) is 31.1 Å². The first-order valence-electron chi connectivity index (χ1n) is 11.9. The number of carbonyl (C=O) groups excluding carboxylic acids is 1. The van der Waals surface area contributed by atoms with Gasteiger partial charge in [0.05, 0.1) is 17.9 Å². The van der Waals surface area contributed by atoms with Crippen molar-refractivity contribution in [3.05, 3.63) is 47.0 Å². The van der Waals surface area contributed by atoms with Crippen molar-refractivity contribution in [2.45, 2.75) is 73.9 Å². The van der Waals surface area contributed by atoms with Crippen LogP contribution in [-0.4, -0.2) is 45.1 Å². The van der Waals surface area contributed by atoms with Gasteiger partial charge in [0.1, 0.15) is 11.5 Å². The quantitative estimate of drug-likeness (QED) is 0.564. The maximum atomic E-state index is 14.7. The number of carbonyl (C=O) groups is 1. The fourth-order valence-electron chi connectivity index (χ4n) is 4.44. The largest absolute Gasteiger partial charge is 0.336 e. The molecule has 1 aliphatic rings. The summed E-state index contributed by atoms with van der Waals surface area (Å²) < 4.78 is 16.4. The smallest absolute Gasteiger partial charge is 0.223 e. The second-order valence-corrected chi connectivity index (χ2v) is 10.7. The van der Waals surface area contributed by atoms with Crippen molar-refractivity contribution in [3.63, 3.8) is 0 Å². The van der Waals surface area contributed by atoms with Crippen LogP contribution in [0.3, 0.4) is 0 Å². The van der Waals surface area contributed by atoms with E-state index in [1.54, 1.807) is 16.8 Å². The van der Waals surface area contributed by atoms with Crippen molar-refractivity contribution >= 4 is 5.91 Å². The summed E-state index contributed by atoms with van der Waals surface area (Å²) in [6.07, 6.45) is 2.42. The zero-order valence-electron chi connectivity index (χ0n) is 20.6. The van der Waals surface area contributed by atoms with Crippen LogP contribution in [0.4, 0.5) is 4.39 Å². The number of hydrogen-bond acceptors (Lipinski definition) is 3. The lowest BCUT2D eigenvalue weighted by Crippen LogP contribution is -2.37. The molecule has 0 spiro atoms. The van der Waals surface area contributed by atoms with Gasteiger partial charge in [0.15, 0.2) is 0 Å². The second kappa shape index (κ2) is 10.2. The van der Waals surface area contributed by atoms with Crippen molar-refractivity contribution in [2.75, 3.05) is 19.6 Å². The minimum Gasteiger partial charge on any atom is -0.336 e. The van der Waals surface area contributed by atoms with Gasteiger partial charge in [0, 0.05) is 38.0 Å². The molecule has 0 unspecified atom stereocenters. The Hall–Kier alpha value is -2.21. The third-order valence-corrected chi connectivity index (χ3v) is 5.80. The number of amides is 1. The molecule has 1 aliphatic heterocycles. The van der Waals surface area contributed by atoms with Crippen LogP contribution in [0.1, 0.15) is 71.3 Å². The fourth-order valence-corrected chi connectivity index (χ4v) is 4.44. The van der Waals surface area contributed by atoms with E-state index in [4.69, 9.17) is 5.10 Å². The van der Waals surface area contributed by atoms with Crippen LogP contribution >= 0.6 is 0 Å². The summed E-state index contributed by atoms with van der Waals surface area (Å²) >= 11 is 0. The zero-order valence-corrected chi connectivity index (χ0v) is 20.6. The molecule has 2 heterocycles. The van der Waals surface area contributed by atoms with Crippen molar-refractivity contribution in [2.24, 2.45) is 11.3 Å². The molecule has 0 saturated carbocycles. The third kappa shape index (κ3) is 5.97. The monoisotopic (exact) mass is 442 g/mol. The van der Waals surface area contributed by atoms with Crippen LogP contribution in [0.2, 0.25) is 0 Å². The van der Waals surface area contributed by atoms with E-state index in [9.17, 15) is 9.18 Å². The Kier molecular flexibility index (Phi) is 7.75. The normalized spacial score (nSPS) is 14.6. The first kappa shape index (κ1) is 24.4. The summed E-state index contributed by atoms with van der Waals surface area (Å²) in [5.41, 5.74) is 3.54. The molecule has 0 atom stereocenters.